The largest absolute Gasteiger partial charge is 0.490 e. The third-order valence-electron chi connectivity index (χ3n) is 9.05. The molecule has 8 rings (SSSR count). The molecule has 0 aliphatic carbocycles. The molecule has 9 nitrogen and oxygen atoms in total. The second-order valence-electron chi connectivity index (χ2n) is 14.5. The number of halogens is 2. The van der Waals surface area contributed by atoms with E-state index < -0.39 is 23.8 Å². The zero-order valence-electron chi connectivity index (χ0n) is 32.1. The van der Waals surface area contributed by atoms with Crippen LogP contribution in [0.4, 0.5) is 4.39 Å². The van der Waals surface area contributed by atoms with Crippen molar-refractivity contribution in [3.05, 3.63) is 131 Å². The van der Waals surface area contributed by atoms with Crippen molar-refractivity contribution in [2.75, 3.05) is 19.8 Å². The molecule has 2 aliphatic rings. The lowest BCUT2D eigenvalue weighted by Crippen LogP contribution is -2.37. The zero-order chi connectivity index (χ0) is 40.1. The Bertz CT molecular complexity index is 2380. The first-order chi connectivity index (χ1) is 27.5. The summed E-state index contributed by atoms with van der Waals surface area (Å²) in [6.45, 7) is 12.0. The first-order valence-electron chi connectivity index (χ1n) is 18.5. The minimum atomic E-state index is -1.19. The predicted octanol–water partition coefficient (Wildman–Crippen LogP) is 10.4. The quantitative estimate of drug-likeness (QED) is 0.0803. The van der Waals surface area contributed by atoms with E-state index in [2.05, 4.69) is 16.5 Å². The molecule has 0 radical (unpaired) electrons. The average molecular weight is 809 g/mol. The molecule has 4 bridgehead atoms. The van der Waals surface area contributed by atoms with Crippen LogP contribution in [-0.4, -0.2) is 53.6 Å². The lowest BCUT2D eigenvalue weighted by Gasteiger charge is -2.25. The van der Waals surface area contributed by atoms with Crippen LogP contribution < -0.4 is 18.9 Å². The maximum absolute atomic E-state index is 14.2. The van der Waals surface area contributed by atoms with Crippen molar-refractivity contribution in [1.29, 1.82) is 0 Å². The fraction of sp³-hybridized carbons (Fsp3) is 0.267. The van der Waals surface area contributed by atoms with Crippen molar-refractivity contribution in [2.24, 2.45) is 0 Å². The van der Waals surface area contributed by atoms with E-state index in [0.29, 0.717) is 55.8 Å². The van der Waals surface area contributed by atoms with Crippen molar-refractivity contribution in [1.82, 2.24) is 9.97 Å². The van der Waals surface area contributed by atoms with Crippen molar-refractivity contribution >= 4 is 39.1 Å². The Morgan fingerprint density at radius 3 is 2.58 bits per heavy atom. The fourth-order valence-corrected chi connectivity index (χ4v) is 7.77. The monoisotopic (exact) mass is 808 g/mol. The number of carbonyl (C=O) groups excluding carboxylic acids is 1. The number of hydrogen-bond acceptors (Lipinski definition) is 10. The Morgan fingerprint density at radius 1 is 1.04 bits per heavy atom. The normalized spacial score (nSPS) is 15.5. The Hall–Kier alpha value is -5.49. The van der Waals surface area contributed by atoms with Crippen LogP contribution >= 0.6 is 22.9 Å². The second kappa shape index (κ2) is 17.3. The van der Waals surface area contributed by atoms with Crippen molar-refractivity contribution < 1.29 is 37.6 Å². The summed E-state index contributed by atoms with van der Waals surface area (Å²) in [7, 11) is 0. The molecule has 2 atom stereocenters. The van der Waals surface area contributed by atoms with Gasteiger partial charge in [0.25, 0.3) is 0 Å². The smallest absolute Gasteiger partial charge is 0.348 e. The van der Waals surface area contributed by atoms with Gasteiger partial charge in [0.15, 0.2) is 6.10 Å². The molecule has 57 heavy (non-hydrogen) atoms. The summed E-state index contributed by atoms with van der Waals surface area (Å²) in [5.74, 6) is 0.673. The van der Waals surface area contributed by atoms with Crippen LogP contribution in [0, 0.1) is 12.7 Å². The van der Waals surface area contributed by atoms with Gasteiger partial charge in [-0.2, -0.15) is 0 Å². The van der Waals surface area contributed by atoms with E-state index in [1.165, 1.54) is 29.8 Å². The SMILES string of the molecule is C=CCOC[C@@H]1COc2ccc(OCc3ccccc3)c(c2)C[C@H](C(=O)OC(C)(C)C)Oc2ncnc3sc(-c4ccc(F)cc4)c(c23)-c2ccc(c(Cl)c2C)O1. The fourth-order valence-electron chi connectivity index (χ4n) is 6.40. The summed E-state index contributed by atoms with van der Waals surface area (Å²) >= 11 is 8.52. The van der Waals surface area contributed by atoms with Crippen LogP contribution in [-0.2, 0) is 27.3 Å². The van der Waals surface area contributed by atoms with Crippen LogP contribution in [0.1, 0.15) is 37.5 Å². The second-order valence-corrected chi connectivity index (χ2v) is 15.9. The molecule has 0 saturated carbocycles. The highest BCUT2D eigenvalue weighted by molar-refractivity contribution is 7.22. The van der Waals surface area contributed by atoms with Gasteiger partial charge in [-0.3, -0.25) is 0 Å². The molecular weight excluding hydrogens is 767 g/mol. The Balaban J connectivity index is 1.42. The van der Waals surface area contributed by atoms with Gasteiger partial charge in [-0.15, -0.1) is 17.9 Å². The van der Waals surface area contributed by atoms with Crippen LogP contribution in [0.25, 0.3) is 31.8 Å². The van der Waals surface area contributed by atoms with E-state index in [0.717, 1.165) is 21.6 Å². The highest BCUT2D eigenvalue weighted by Crippen LogP contribution is 2.49. The number of fused-ring (bicyclic) bond motifs is 7. The zero-order valence-corrected chi connectivity index (χ0v) is 33.6. The van der Waals surface area contributed by atoms with E-state index in [1.807, 2.05) is 55.5 Å². The summed E-state index contributed by atoms with van der Waals surface area (Å²) < 4.78 is 51.9. The molecule has 2 aromatic heterocycles. The molecule has 0 unspecified atom stereocenters. The van der Waals surface area contributed by atoms with Gasteiger partial charge in [0.2, 0.25) is 12.0 Å². The first kappa shape index (κ1) is 39.7. The van der Waals surface area contributed by atoms with E-state index in [9.17, 15) is 9.18 Å². The van der Waals surface area contributed by atoms with Gasteiger partial charge < -0.3 is 28.4 Å². The number of carbonyl (C=O) groups is 1. The molecule has 0 amide bonds. The van der Waals surface area contributed by atoms with Gasteiger partial charge in [0, 0.05) is 22.4 Å². The van der Waals surface area contributed by atoms with E-state index in [4.69, 9.17) is 40.0 Å². The van der Waals surface area contributed by atoms with Crippen molar-refractivity contribution in [2.45, 2.75) is 58.5 Å². The van der Waals surface area contributed by atoms with Gasteiger partial charge in [-0.05, 0) is 86.3 Å². The molecule has 4 aromatic carbocycles. The lowest BCUT2D eigenvalue weighted by atomic mass is 9.96. The Morgan fingerprint density at radius 2 is 1.82 bits per heavy atom. The number of benzene rings is 4. The Labute approximate surface area is 340 Å². The molecule has 4 heterocycles. The highest BCUT2D eigenvalue weighted by Gasteiger charge is 2.32. The minimum Gasteiger partial charge on any atom is -0.490 e. The summed E-state index contributed by atoms with van der Waals surface area (Å²) in [5, 5.41) is 0.934. The third kappa shape index (κ3) is 9.39. The summed E-state index contributed by atoms with van der Waals surface area (Å²) in [5.41, 5.74) is 3.69. The van der Waals surface area contributed by atoms with E-state index in [1.54, 1.807) is 51.1 Å². The van der Waals surface area contributed by atoms with Crippen molar-refractivity contribution in [3.8, 4) is 44.7 Å². The first-order valence-corrected chi connectivity index (χ1v) is 19.7. The molecule has 0 fully saturated rings. The number of aromatic nitrogens is 2. The maximum atomic E-state index is 14.2. The standard InChI is InChI=1S/C45H42ClFN2O7S/c1-6-20-51-24-33-25-52-32-16-18-35(53-23-28-10-8-7-9-11-28)30(21-32)22-37(44(50)56-45(3,4)5)55-42-39-38(34-17-19-36(54-33)40(46)27(34)2)41(57-43(39)49-26-48-42)29-12-14-31(47)15-13-29/h6-19,21,26,33,37H,1,20,22-25H2,2-5H3/t33-,37-/m1/s1. The van der Waals surface area contributed by atoms with Gasteiger partial charge in [0.05, 0.1) is 23.6 Å². The van der Waals surface area contributed by atoms with Gasteiger partial charge >= 0.3 is 5.97 Å². The third-order valence-corrected chi connectivity index (χ3v) is 10.7. The number of thiophene rings is 1. The highest BCUT2D eigenvalue weighted by atomic mass is 35.5. The van der Waals surface area contributed by atoms with Crippen LogP contribution in [0.3, 0.4) is 0 Å². The number of hydrogen-bond donors (Lipinski definition) is 0. The number of ether oxygens (including phenoxy) is 6. The molecule has 0 N–H and O–H groups in total. The van der Waals surface area contributed by atoms with Crippen LogP contribution in [0.2, 0.25) is 5.02 Å². The predicted molar refractivity (Wildman–Crippen MR) is 220 cm³/mol. The van der Waals surface area contributed by atoms with Crippen molar-refractivity contribution in [3.63, 3.8) is 0 Å². The molecule has 0 saturated heterocycles. The van der Waals surface area contributed by atoms with Gasteiger partial charge in [0.1, 0.15) is 53.0 Å². The summed E-state index contributed by atoms with van der Waals surface area (Å²) in [4.78, 5) is 24.8. The lowest BCUT2D eigenvalue weighted by molar-refractivity contribution is -0.163. The number of nitrogens with zero attached hydrogens (tertiary/aromatic N) is 2. The number of esters is 1. The maximum Gasteiger partial charge on any atom is 0.348 e. The van der Waals surface area contributed by atoms with Gasteiger partial charge in [-0.1, -0.05) is 66.2 Å². The van der Waals surface area contributed by atoms with Crippen LogP contribution in [0.15, 0.2) is 104 Å². The minimum absolute atomic E-state index is 0.0353. The van der Waals surface area contributed by atoms with Gasteiger partial charge in [-0.25, -0.2) is 19.2 Å². The molecule has 12 heteroatoms. The summed E-state index contributed by atoms with van der Waals surface area (Å²) in [6.07, 6.45) is 1.33. The summed E-state index contributed by atoms with van der Waals surface area (Å²) in [6, 6.07) is 25.2. The van der Waals surface area contributed by atoms with Crippen LogP contribution in [0.5, 0.6) is 23.1 Å². The molecular formula is C45H42ClFN2O7S. The topological polar surface area (TPSA) is 98.2 Å². The average Bonchev–Trinajstić information content (AvgIpc) is 3.58. The molecule has 6 aromatic rings. The molecule has 0 spiro atoms. The van der Waals surface area contributed by atoms with E-state index >= 15 is 0 Å². The molecule has 294 valence electrons. The number of rotatable bonds is 9. The van der Waals surface area contributed by atoms with E-state index in [-0.39, 0.29) is 37.9 Å². The Kier molecular flexibility index (Phi) is 12.1. The molecule has 2 aliphatic heterocycles.